The number of carbonyl (C=O) groups excluding carboxylic acids is 2. The largest absolute Gasteiger partial charge is 0.464 e. The van der Waals surface area contributed by atoms with Gasteiger partial charge in [0, 0.05) is 0 Å². The summed E-state index contributed by atoms with van der Waals surface area (Å²) in [6.07, 6.45) is 12.3. The van der Waals surface area contributed by atoms with Crippen LogP contribution in [0.5, 0.6) is 0 Å². The van der Waals surface area contributed by atoms with Gasteiger partial charge in [-0.1, -0.05) is 64.7 Å². The minimum atomic E-state index is -0.868. The smallest absolute Gasteiger partial charge is 0.407 e. The number of alkyl carbamates (subject to hydrolysis) is 1. The molecule has 1 aliphatic rings. The highest BCUT2D eigenvalue weighted by Gasteiger charge is 2.44. The number of methoxy groups -OCH3 is 1. The van der Waals surface area contributed by atoms with Crippen molar-refractivity contribution in [3.8, 4) is 0 Å². The second-order valence-electron chi connectivity index (χ2n) is 6.52. The van der Waals surface area contributed by atoms with Crippen molar-refractivity contribution < 1.29 is 19.1 Å². The van der Waals surface area contributed by atoms with Gasteiger partial charge in [0.15, 0.2) is 0 Å². The summed E-state index contributed by atoms with van der Waals surface area (Å²) < 4.78 is 10.0. The summed E-state index contributed by atoms with van der Waals surface area (Å²) in [5.74, 6) is -0.302. The number of esters is 1. The summed E-state index contributed by atoms with van der Waals surface area (Å²) >= 11 is 0. The van der Waals surface area contributed by atoms with Crippen LogP contribution in [0.1, 0.15) is 84.0 Å². The van der Waals surface area contributed by atoms with Crippen molar-refractivity contribution in [1.82, 2.24) is 5.32 Å². The van der Waals surface area contributed by atoms with Crippen LogP contribution in [0.3, 0.4) is 0 Å². The van der Waals surface area contributed by atoms with E-state index in [0.717, 1.165) is 25.7 Å². The van der Waals surface area contributed by atoms with Gasteiger partial charge in [0.05, 0.1) is 13.7 Å². The van der Waals surface area contributed by atoms with Gasteiger partial charge in [-0.3, -0.25) is 0 Å². The van der Waals surface area contributed by atoms with Crippen LogP contribution in [0.2, 0.25) is 0 Å². The Balaban J connectivity index is 2.17. The van der Waals surface area contributed by atoms with Gasteiger partial charge in [-0.05, 0) is 19.3 Å². The van der Waals surface area contributed by atoms with Crippen LogP contribution >= 0.6 is 0 Å². The van der Waals surface area contributed by atoms with E-state index < -0.39 is 11.6 Å². The van der Waals surface area contributed by atoms with Crippen molar-refractivity contribution in [3.63, 3.8) is 0 Å². The highest BCUT2D eigenvalue weighted by molar-refractivity contribution is 5.86. The van der Waals surface area contributed by atoms with Gasteiger partial charge in [-0.15, -0.1) is 0 Å². The fourth-order valence-corrected chi connectivity index (χ4v) is 3.14. The van der Waals surface area contributed by atoms with Gasteiger partial charge < -0.3 is 14.8 Å². The standard InChI is InChI=1S/C18H33NO4/c1-3-4-5-6-7-8-9-12-15-23-16(20)18(13-10-11-14-18)19-17(21)22-2/h3-15H2,1-2H3,(H,19,21). The molecule has 0 heterocycles. The second kappa shape index (κ2) is 11.3. The minimum Gasteiger partial charge on any atom is -0.464 e. The normalized spacial score (nSPS) is 16.1. The van der Waals surface area contributed by atoms with Crippen LogP contribution in [0.15, 0.2) is 0 Å². The van der Waals surface area contributed by atoms with Crippen molar-refractivity contribution >= 4 is 12.1 Å². The molecule has 0 aromatic rings. The molecule has 23 heavy (non-hydrogen) atoms. The van der Waals surface area contributed by atoms with Gasteiger partial charge in [-0.25, -0.2) is 9.59 Å². The Morgan fingerprint density at radius 3 is 2.09 bits per heavy atom. The topological polar surface area (TPSA) is 64.6 Å². The molecule has 1 saturated carbocycles. The average Bonchev–Trinajstić information content (AvgIpc) is 3.02. The number of carbonyl (C=O) groups is 2. The van der Waals surface area contributed by atoms with Crippen molar-refractivity contribution in [2.75, 3.05) is 13.7 Å². The molecule has 1 N–H and O–H groups in total. The molecular weight excluding hydrogens is 294 g/mol. The molecule has 1 fully saturated rings. The number of nitrogens with one attached hydrogen (secondary N) is 1. The predicted octanol–water partition coefficient (Wildman–Crippen LogP) is 4.34. The number of amides is 1. The van der Waals surface area contributed by atoms with Crippen LogP contribution in [0.25, 0.3) is 0 Å². The summed E-state index contributed by atoms with van der Waals surface area (Å²) in [5, 5.41) is 2.69. The van der Waals surface area contributed by atoms with Crippen LogP contribution in [0, 0.1) is 0 Å². The maximum absolute atomic E-state index is 12.3. The third kappa shape index (κ3) is 7.23. The van der Waals surface area contributed by atoms with Crippen molar-refractivity contribution in [2.24, 2.45) is 0 Å². The first-order valence-electron chi connectivity index (χ1n) is 9.18. The molecule has 0 radical (unpaired) electrons. The minimum absolute atomic E-state index is 0.302. The van der Waals surface area contributed by atoms with Crippen molar-refractivity contribution in [1.29, 1.82) is 0 Å². The molecule has 0 unspecified atom stereocenters. The lowest BCUT2D eigenvalue weighted by Crippen LogP contribution is -2.53. The van der Waals surface area contributed by atoms with E-state index in [1.54, 1.807) is 0 Å². The first-order valence-corrected chi connectivity index (χ1v) is 9.18. The Kier molecular flexibility index (Phi) is 9.72. The zero-order valence-corrected chi connectivity index (χ0v) is 14.8. The fourth-order valence-electron chi connectivity index (χ4n) is 3.14. The molecule has 1 amide bonds. The molecule has 134 valence electrons. The van der Waals surface area contributed by atoms with E-state index in [1.807, 2.05) is 0 Å². The maximum atomic E-state index is 12.3. The Morgan fingerprint density at radius 1 is 0.957 bits per heavy atom. The Morgan fingerprint density at radius 2 is 1.52 bits per heavy atom. The number of rotatable bonds is 11. The van der Waals surface area contributed by atoms with E-state index in [-0.39, 0.29) is 5.97 Å². The van der Waals surface area contributed by atoms with Crippen LogP contribution < -0.4 is 5.32 Å². The summed E-state index contributed by atoms with van der Waals surface area (Å²) in [5.41, 5.74) is -0.868. The van der Waals surface area contributed by atoms with Gasteiger partial charge in [0.25, 0.3) is 0 Å². The summed E-state index contributed by atoms with van der Waals surface area (Å²) in [6.45, 7) is 2.67. The van der Waals surface area contributed by atoms with Crippen molar-refractivity contribution in [2.45, 2.75) is 89.5 Å². The first kappa shape index (κ1) is 19.8. The second-order valence-corrected chi connectivity index (χ2v) is 6.52. The zero-order chi connectivity index (χ0) is 17.0. The molecule has 5 heteroatoms. The van der Waals surface area contributed by atoms with E-state index in [4.69, 9.17) is 4.74 Å². The molecule has 1 aliphatic carbocycles. The van der Waals surface area contributed by atoms with Crippen LogP contribution in [-0.4, -0.2) is 31.3 Å². The molecule has 0 bridgehead atoms. The average molecular weight is 327 g/mol. The quantitative estimate of drug-likeness (QED) is 0.453. The fraction of sp³-hybridized carbons (Fsp3) is 0.889. The number of hydrogen-bond acceptors (Lipinski definition) is 4. The lowest BCUT2D eigenvalue weighted by molar-refractivity contribution is -0.151. The van der Waals surface area contributed by atoms with Gasteiger partial charge in [0.2, 0.25) is 0 Å². The lowest BCUT2D eigenvalue weighted by atomic mass is 9.98. The van der Waals surface area contributed by atoms with Crippen LogP contribution in [0.4, 0.5) is 4.79 Å². The highest BCUT2D eigenvalue weighted by atomic mass is 16.5. The van der Waals surface area contributed by atoms with Gasteiger partial charge >= 0.3 is 12.1 Å². The predicted molar refractivity (Wildman–Crippen MR) is 90.3 cm³/mol. The monoisotopic (exact) mass is 327 g/mol. The molecule has 0 aromatic carbocycles. The zero-order valence-electron chi connectivity index (χ0n) is 14.8. The maximum Gasteiger partial charge on any atom is 0.407 e. The first-order chi connectivity index (χ1) is 11.1. The third-order valence-corrected chi connectivity index (χ3v) is 4.61. The molecule has 0 aliphatic heterocycles. The molecular formula is C18H33NO4. The van der Waals surface area contributed by atoms with E-state index in [9.17, 15) is 9.59 Å². The lowest BCUT2D eigenvalue weighted by Gasteiger charge is -2.27. The molecule has 1 rings (SSSR count). The van der Waals surface area contributed by atoms with Gasteiger partial charge in [-0.2, -0.15) is 0 Å². The van der Waals surface area contributed by atoms with Crippen LogP contribution in [-0.2, 0) is 14.3 Å². The van der Waals surface area contributed by atoms with Gasteiger partial charge in [0.1, 0.15) is 5.54 Å². The Hall–Kier alpha value is -1.26. The van der Waals surface area contributed by atoms with Crippen molar-refractivity contribution in [3.05, 3.63) is 0 Å². The molecule has 0 saturated heterocycles. The van der Waals surface area contributed by atoms with E-state index in [0.29, 0.717) is 19.4 Å². The molecule has 5 nitrogen and oxygen atoms in total. The molecule has 0 spiro atoms. The van der Waals surface area contributed by atoms with E-state index in [1.165, 1.54) is 45.6 Å². The molecule has 0 aromatic heterocycles. The summed E-state index contributed by atoms with van der Waals surface area (Å²) in [6, 6.07) is 0. The third-order valence-electron chi connectivity index (χ3n) is 4.61. The number of unbranched alkanes of at least 4 members (excludes halogenated alkanes) is 7. The Bertz CT molecular complexity index is 351. The SMILES string of the molecule is CCCCCCCCCCOC(=O)C1(NC(=O)OC)CCCC1. The summed E-state index contributed by atoms with van der Waals surface area (Å²) in [7, 11) is 1.31. The number of hydrogen-bond donors (Lipinski definition) is 1. The summed E-state index contributed by atoms with van der Waals surface area (Å²) in [4.78, 5) is 23.8. The number of ether oxygens (including phenoxy) is 2. The van der Waals surface area contributed by atoms with E-state index in [2.05, 4.69) is 17.0 Å². The highest BCUT2D eigenvalue weighted by Crippen LogP contribution is 2.31. The Labute approximate surface area is 140 Å². The molecule has 0 atom stereocenters. The van der Waals surface area contributed by atoms with E-state index >= 15 is 0 Å².